The van der Waals surface area contributed by atoms with Crippen molar-refractivity contribution < 1.29 is 9.53 Å². The van der Waals surface area contributed by atoms with E-state index in [1.165, 1.54) is 0 Å². The van der Waals surface area contributed by atoms with Gasteiger partial charge in [-0.1, -0.05) is 12.1 Å². The first-order valence-electron chi connectivity index (χ1n) is 4.95. The van der Waals surface area contributed by atoms with E-state index in [9.17, 15) is 4.79 Å². The molecule has 0 amide bonds. The molecule has 1 unspecified atom stereocenters. The predicted molar refractivity (Wildman–Crippen MR) is 54.1 cm³/mol. The molecule has 0 radical (unpaired) electrons. The van der Waals surface area contributed by atoms with Crippen molar-refractivity contribution in [1.29, 1.82) is 5.26 Å². The topological polar surface area (TPSA) is 50.1 Å². The summed E-state index contributed by atoms with van der Waals surface area (Å²) in [6, 6.07) is 9.49. The maximum atomic E-state index is 11.1. The third-order valence-electron chi connectivity index (χ3n) is 2.65. The molecular formula is C12H11NO2. The number of hydrogen-bond acceptors (Lipinski definition) is 3. The van der Waals surface area contributed by atoms with Gasteiger partial charge >= 0.3 is 5.97 Å². The van der Waals surface area contributed by atoms with Gasteiger partial charge in [0.05, 0.1) is 24.7 Å². The van der Waals surface area contributed by atoms with E-state index < -0.39 is 0 Å². The molecule has 3 nitrogen and oxygen atoms in total. The summed E-state index contributed by atoms with van der Waals surface area (Å²) in [5.74, 6) is 0.120. The second kappa shape index (κ2) is 4.14. The number of benzene rings is 1. The van der Waals surface area contributed by atoms with Gasteiger partial charge in [-0.2, -0.15) is 5.26 Å². The second-order valence-electron chi connectivity index (χ2n) is 3.64. The fourth-order valence-electron chi connectivity index (χ4n) is 1.79. The molecule has 1 fully saturated rings. The quantitative estimate of drug-likeness (QED) is 0.653. The predicted octanol–water partition coefficient (Wildman–Crippen LogP) is 1.98. The van der Waals surface area contributed by atoms with Gasteiger partial charge in [-0.25, -0.2) is 0 Å². The minimum atomic E-state index is -0.129. The smallest absolute Gasteiger partial charge is 0.306 e. The number of nitrogens with zero attached hydrogens (tertiary/aromatic N) is 1. The van der Waals surface area contributed by atoms with Crippen molar-refractivity contribution in [3.05, 3.63) is 35.4 Å². The van der Waals surface area contributed by atoms with E-state index in [1.807, 2.05) is 12.1 Å². The molecule has 1 heterocycles. The Labute approximate surface area is 88.3 Å². The van der Waals surface area contributed by atoms with Crippen LogP contribution in [0.15, 0.2) is 24.3 Å². The number of hydrogen-bond donors (Lipinski definition) is 0. The van der Waals surface area contributed by atoms with Crippen LogP contribution in [0.4, 0.5) is 0 Å². The standard InChI is InChI=1S/C12H11NO2/c13-8-9-1-3-10(4-2-9)11-5-6-15-12(14)7-11/h1-4,11H,5-7H2. The van der Waals surface area contributed by atoms with Crippen molar-refractivity contribution in [2.24, 2.45) is 0 Å². The Balaban J connectivity index is 2.15. The van der Waals surface area contributed by atoms with Crippen LogP contribution in [0.1, 0.15) is 29.9 Å². The molecule has 0 spiro atoms. The summed E-state index contributed by atoms with van der Waals surface area (Å²) in [6.07, 6.45) is 1.32. The van der Waals surface area contributed by atoms with Crippen LogP contribution in [-0.2, 0) is 9.53 Å². The Bertz CT molecular complexity index is 403. The molecule has 1 aliphatic heterocycles. The largest absolute Gasteiger partial charge is 0.466 e. The lowest BCUT2D eigenvalue weighted by atomic mass is 9.91. The molecular weight excluding hydrogens is 190 g/mol. The van der Waals surface area contributed by atoms with E-state index in [-0.39, 0.29) is 11.9 Å². The van der Waals surface area contributed by atoms with E-state index in [0.717, 1.165) is 12.0 Å². The number of nitriles is 1. The van der Waals surface area contributed by atoms with Crippen LogP contribution in [0.5, 0.6) is 0 Å². The number of esters is 1. The van der Waals surface area contributed by atoms with E-state index in [4.69, 9.17) is 10.00 Å². The molecule has 1 aliphatic rings. The summed E-state index contributed by atoms with van der Waals surface area (Å²) in [5, 5.41) is 8.66. The summed E-state index contributed by atoms with van der Waals surface area (Å²) < 4.78 is 4.88. The lowest BCUT2D eigenvalue weighted by molar-refractivity contribution is -0.147. The second-order valence-corrected chi connectivity index (χ2v) is 3.64. The SMILES string of the molecule is N#Cc1ccc(C2CCOC(=O)C2)cc1. The lowest BCUT2D eigenvalue weighted by Gasteiger charge is -2.21. The zero-order valence-corrected chi connectivity index (χ0v) is 8.27. The summed E-state index contributed by atoms with van der Waals surface area (Å²) >= 11 is 0. The molecule has 0 saturated carbocycles. The van der Waals surface area contributed by atoms with Gasteiger partial charge in [0.15, 0.2) is 0 Å². The molecule has 0 bridgehead atoms. The lowest BCUT2D eigenvalue weighted by Crippen LogP contribution is -2.19. The molecule has 0 aliphatic carbocycles. The van der Waals surface area contributed by atoms with Crippen molar-refractivity contribution in [2.75, 3.05) is 6.61 Å². The Hall–Kier alpha value is -1.82. The Morgan fingerprint density at radius 3 is 2.67 bits per heavy atom. The maximum absolute atomic E-state index is 11.1. The molecule has 0 N–H and O–H groups in total. The highest BCUT2D eigenvalue weighted by Crippen LogP contribution is 2.27. The average molecular weight is 201 g/mol. The van der Waals surface area contributed by atoms with E-state index in [2.05, 4.69) is 6.07 Å². The number of rotatable bonds is 1. The van der Waals surface area contributed by atoms with Crippen LogP contribution in [0.3, 0.4) is 0 Å². The van der Waals surface area contributed by atoms with Gasteiger partial charge < -0.3 is 4.74 Å². The average Bonchev–Trinajstić information content (AvgIpc) is 2.29. The maximum Gasteiger partial charge on any atom is 0.306 e. The Morgan fingerprint density at radius 1 is 1.33 bits per heavy atom. The highest BCUT2D eigenvalue weighted by atomic mass is 16.5. The molecule has 1 aromatic rings. The molecule has 3 heteroatoms. The van der Waals surface area contributed by atoms with Crippen LogP contribution >= 0.6 is 0 Å². The number of carbonyl (C=O) groups is 1. The fourth-order valence-corrected chi connectivity index (χ4v) is 1.79. The zero-order valence-electron chi connectivity index (χ0n) is 8.27. The van der Waals surface area contributed by atoms with Crippen LogP contribution in [-0.4, -0.2) is 12.6 Å². The van der Waals surface area contributed by atoms with Gasteiger partial charge in [0.1, 0.15) is 0 Å². The first-order chi connectivity index (χ1) is 7.29. The van der Waals surface area contributed by atoms with Crippen LogP contribution in [0.25, 0.3) is 0 Å². The first-order valence-corrected chi connectivity index (χ1v) is 4.95. The molecule has 0 aromatic heterocycles. The van der Waals surface area contributed by atoms with Crippen LogP contribution in [0, 0.1) is 11.3 Å². The monoisotopic (exact) mass is 201 g/mol. The molecule has 76 valence electrons. The van der Waals surface area contributed by atoms with Crippen molar-refractivity contribution in [2.45, 2.75) is 18.8 Å². The minimum absolute atomic E-state index is 0.129. The van der Waals surface area contributed by atoms with Crippen molar-refractivity contribution in [3.8, 4) is 6.07 Å². The fraction of sp³-hybridized carbons (Fsp3) is 0.333. The Morgan fingerprint density at radius 2 is 2.07 bits per heavy atom. The molecule has 1 aromatic carbocycles. The van der Waals surface area contributed by atoms with Gasteiger partial charge in [-0.05, 0) is 30.0 Å². The van der Waals surface area contributed by atoms with Crippen LogP contribution < -0.4 is 0 Å². The van der Waals surface area contributed by atoms with Crippen molar-refractivity contribution >= 4 is 5.97 Å². The number of cyclic esters (lactones) is 1. The molecule has 1 saturated heterocycles. The third kappa shape index (κ3) is 2.16. The molecule has 2 rings (SSSR count). The zero-order chi connectivity index (χ0) is 10.7. The van der Waals surface area contributed by atoms with E-state index in [1.54, 1.807) is 12.1 Å². The Kier molecular flexibility index (Phi) is 2.68. The molecule has 15 heavy (non-hydrogen) atoms. The van der Waals surface area contributed by atoms with Gasteiger partial charge in [0.2, 0.25) is 0 Å². The summed E-state index contributed by atoms with van der Waals surface area (Å²) in [5.41, 5.74) is 1.77. The summed E-state index contributed by atoms with van der Waals surface area (Å²) in [7, 11) is 0. The normalized spacial score (nSPS) is 20.5. The van der Waals surface area contributed by atoms with E-state index in [0.29, 0.717) is 18.6 Å². The van der Waals surface area contributed by atoms with Gasteiger partial charge in [0, 0.05) is 0 Å². The van der Waals surface area contributed by atoms with Gasteiger partial charge in [-0.15, -0.1) is 0 Å². The summed E-state index contributed by atoms with van der Waals surface area (Å²) in [4.78, 5) is 11.1. The van der Waals surface area contributed by atoms with Gasteiger partial charge in [-0.3, -0.25) is 4.79 Å². The highest BCUT2D eigenvalue weighted by Gasteiger charge is 2.21. The van der Waals surface area contributed by atoms with Crippen molar-refractivity contribution in [3.63, 3.8) is 0 Å². The number of carbonyl (C=O) groups excluding carboxylic acids is 1. The minimum Gasteiger partial charge on any atom is -0.466 e. The highest BCUT2D eigenvalue weighted by molar-refractivity contribution is 5.71. The van der Waals surface area contributed by atoms with Crippen LogP contribution in [0.2, 0.25) is 0 Å². The molecule has 1 atom stereocenters. The van der Waals surface area contributed by atoms with E-state index >= 15 is 0 Å². The summed E-state index contributed by atoms with van der Waals surface area (Å²) in [6.45, 7) is 0.503. The van der Waals surface area contributed by atoms with Gasteiger partial charge in [0.25, 0.3) is 0 Å². The third-order valence-corrected chi connectivity index (χ3v) is 2.65. The number of ether oxygens (including phenoxy) is 1. The van der Waals surface area contributed by atoms with Crippen molar-refractivity contribution in [1.82, 2.24) is 0 Å². The first kappa shape index (κ1) is 9.72.